The third-order valence-corrected chi connectivity index (χ3v) is 6.56. The van der Waals surface area contributed by atoms with E-state index in [1.165, 1.54) is 10.4 Å². The number of hydrogen-bond acceptors (Lipinski definition) is 3. The Morgan fingerprint density at radius 3 is 2.70 bits per heavy atom. The number of nitrogens with one attached hydrogen (secondary N) is 1. The van der Waals surface area contributed by atoms with Crippen LogP contribution in [0.1, 0.15) is 30.4 Å². The summed E-state index contributed by atoms with van der Waals surface area (Å²) in [7, 11) is -3.26. The molecule has 1 N–H and O–H groups in total. The zero-order valence-corrected chi connectivity index (χ0v) is 16.1. The van der Waals surface area contributed by atoms with Gasteiger partial charge in [-0.3, -0.25) is 9.10 Å². The molecular formula is C20H23FN2O3S. The van der Waals surface area contributed by atoms with Crippen LogP contribution in [0, 0.1) is 12.7 Å². The summed E-state index contributed by atoms with van der Waals surface area (Å²) in [4.78, 5) is 12.3. The number of sulfonamides is 1. The predicted octanol–water partition coefficient (Wildman–Crippen LogP) is 3.64. The van der Waals surface area contributed by atoms with Gasteiger partial charge in [-0.15, -0.1) is 0 Å². The molecular weight excluding hydrogens is 367 g/mol. The van der Waals surface area contributed by atoms with E-state index >= 15 is 0 Å². The quantitative estimate of drug-likeness (QED) is 0.819. The molecule has 2 aromatic rings. The van der Waals surface area contributed by atoms with Crippen LogP contribution in [0.5, 0.6) is 0 Å². The largest absolute Gasteiger partial charge is 0.326 e. The third-order valence-electron chi connectivity index (χ3n) is 4.69. The van der Waals surface area contributed by atoms with E-state index in [9.17, 15) is 17.6 Å². The normalized spacial score (nSPS) is 15.7. The number of benzene rings is 2. The van der Waals surface area contributed by atoms with E-state index in [2.05, 4.69) is 5.32 Å². The van der Waals surface area contributed by atoms with Crippen molar-refractivity contribution in [3.63, 3.8) is 0 Å². The molecule has 0 radical (unpaired) electrons. The molecule has 1 saturated heterocycles. The smallest absolute Gasteiger partial charge is 0.235 e. The zero-order chi connectivity index (χ0) is 19.4. The summed E-state index contributed by atoms with van der Waals surface area (Å²) in [6, 6.07) is 11.8. The molecule has 7 heteroatoms. The van der Waals surface area contributed by atoms with Gasteiger partial charge in [-0.25, -0.2) is 12.8 Å². The third kappa shape index (κ3) is 4.66. The van der Waals surface area contributed by atoms with Gasteiger partial charge in [0.2, 0.25) is 15.9 Å². The standard InChI is InChI=1S/C20H23FN2O3S/c1-15-10-11-17(23-12-5-13-27(23,25)26)14-19(15)22-20(24)9-4-7-16-6-2-3-8-18(16)21/h2-3,6,8,10-11,14H,4-5,7,9,12-13H2,1H3,(H,22,24). The van der Waals surface area contributed by atoms with Gasteiger partial charge in [0.15, 0.2) is 0 Å². The van der Waals surface area contributed by atoms with Crippen molar-refractivity contribution in [2.45, 2.75) is 32.6 Å². The van der Waals surface area contributed by atoms with Crippen molar-refractivity contribution < 1.29 is 17.6 Å². The molecule has 0 spiro atoms. The van der Waals surface area contributed by atoms with E-state index in [1.807, 2.05) is 6.92 Å². The molecule has 1 fully saturated rings. The highest BCUT2D eigenvalue weighted by atomic mass is 32.2. The van der Waals surface area contributed by atoms with Crippen molar-refractivity contribution in [1.29, 1.82) is 0 Å². The molecule has 1 amide bonds. The summed E-state index contributed by atoms with van der Waals surface area (Å²) in [5.41, 5.74) is 2.63. The molecule has 1 aliphatic heterocycles. The summed E-state index contributed by atoms with van der Waals surface area (Å²) in [6.45, 7) is 2.32. The Kier molecular flexibility index (Phi) is 5.79. The van der Waals surface area contributed by atoms with E-state index in [4.69, 9.17) is 0 Å². The van der Waals surface area contributed by atoms with Crippen LogP contribution in [-0.2, 0) is 21.2 Å². The molecule has 1 aliphatic rings. The van der Waals surface area contributed by atoms with Crippen LogP contribution in [-0.4, -0.2) is 26.6 Å². The zero-order valence-electron chi connectivity index (χ0n) is 15.2. The summed E-state index contributed by atoms with van der Waals surface area (Å²) >= 11 is 0. The van der Waals surface area contributed by atoms with Crippen LogP contribution in [0.2, 0.25) is 0 Å². The van der Waals surface area contributed by atoms with Gasteiger partial charge in [0, 0.05) is 18.7 Å². The summed E-state index contributed by atoms with van der Waals surface area (Å²) < 4.78 is 39.2. The van der Waals surface area contributed by atoms with E-state index in [-0.39, 0.29) is 23.9 Å². The van der Waals surface area contributed by atoms with Crippen LogP contribution in [0.25, 0.3) is 0 Å². The van der Waals surface area contributed by atoms with Gasteiger partial charge in [-0.1, -0.05) is 24.3 Å². The highest BCUT2D eigenvalue weighted by Crippen LogP contribution is 2.28. The monoisotopic (exact) mass is 390 g/mol. The molecule has 1 heterocycles. The second kappa shape index (κ2) is 8.08. The minimum Gasteiger partial charge on any atom is -0.326 e. The number of carbonyl (C=O) groups is 1. The second-order valence-corrected chi connectivity index (χ2v) is 8.75. The lowest BCUT2D eigenvalue weighted by Gasteiger charge is -2.19. The maximum atomic E-state index is 13.6. The number of rotatable bonds is 6. The predicted molar refractivity (Wildman–Crippen MR) is 105 cm³/mol. The summed E-state index contributed by atoms with van der Waals surface area (Å²) in [5.74, 6) is -0.275. The van der Waals surface area contributed by atoms with Gasteiger partial charge >= 0.3 is 0 Å². The molecule has 0 atom stereocenters. The van der Waals surface area contributed by atoms with Gasteiger partial charge in [0.05, 0.1) is 11.4 Å². The van der Waals surface area contributed by atoms with Crippen LogP contribution >= 0.6 is 0 Å². The Labute approximate surface area is 159 Å². The molecule has 0 aromatic heterocycles. The van der Waals surface area contributed by atoms with Crippen LogP contribution in [0.15, 0.2) is 42.5 Å². The van der Waals surface area contributed by atoms with Gasteiger partial charge in [0.1, 0.15) is 5.82 Å². The van der Waals surface area contributed by atoms with Crippen molar-refractivity contribution >= 4 is 27.3 Å². The molecule has 0 aliphatic carbocycles. The van der Waals surface area contributed by atoms with Crippen LogP contribution in [0.4, 0.5) is 15.8 Å². The van der Waals surface area contributed by atoms with Gasteiger partial charge in [0.25, 0.3) is 0 Å². The Balaban J connectivity index is 1.62. The van der Waals surface area contributed by atoms with Crippen LogP contribution < -0.4 is 9.62 Å². The van der Waals surface area contributed by atoms with Crippen molar-refractivity contribution in [3.05, 3.63) is 59.4 Å². The molecule has 0 unspecified atom stereocenters. The van der Waals surface area contributed by atoms with Gasteiger partial charge in [-0.05, 0) is 55.5 Å². The van der Waals surface area contributed by atoms with Crippen molar-refractivity contribution in [1.82, 2.24) is 0 Å². The van der Waals surface area contributed by atoms with E-state index in [1.54, 1.807) is 36.4 Å². The lowest BCUT2D eigenvalue weighted by molar-refractivity contribution is -0.116. The number of aryl methyl sites for hydroxylation is 2. The van der Waals surface area contributed by atoms with E-state index in [0.29, 0.717) is 42.7 Å². The van der Waals surface area contributed by atoms with Crippen molar-refractivity contribution in [2.75, 3.05) is 21.9 Å². The van der Waals surface area contributed by atoms with E-state index < -0.39 is 10.0 Å². The molecule has 2 aromatic carbocycles. The lowest BCUT2D eigenvalue weighted by atomic mass is 10.1. The molecule has 3 rings (SSSR count). The first-order valence-corrected chi connectivity index (χ1v) is 10.6. The maximum absolute atomic E-state index is 13.6. The minimum absolute atomic E-state index is 0.151. The number of anilines is 2. The number of hydrogen-bond donors (Lipinski definition) is 1. The second-order valence-electron chi connectivity index (χ2n) is 6.73. The van der Waals surface area contributed by atoms with E-state index in [0.717, 1.165) is 5.56 Å². The molecule has 0 saturated carbocycles. The summed E-state index contributed by atoms with van der Waals surface area (Å²) in [5, 5.41) is 2.85. The highest BCUT2D eigenvalue weighted by molar-refractivity contribution is 7.93. The fourth-order valence-electron chi connectivity index (χ4n) is 3.18. The average Bonchev–Trinajstić information content (AvgIpc) is 2.98. The Hall–Kier alpha value is -2.41. The van der Waals surface area contributed by atoms with Gasteiger partial charge < -0.3 is 5.32 Å². The molecule has 27 heavy (non-hydrogen) atoms. The fourth-order valence-corrected chi connectivity index (χ4v) is 4.74. The van der Waals surface area contributed by atoms with Gasteiger partial charge in [-0.2, -0.15) is 0 Å². The highest BCUT2D eigenvalue weighted by Gasteiger charge is 2.28. The fraction of sp³-hybridized carbons (Fsp3) is 0.350. The minimum atomic E-state index is -3.26. The Bertz CT molecular complexity index is 944. The first-order valence-electron chi connectivity index (χ1n) is 9.01. The summed E-state index contributed by atoms with van der Waals surface area (Å²) in [6.07, 6.45) is 1.89. The Morgan fingerprint density at radius 1 is 1.22 bits per heavy atom. The van der Waals surface area contributed by atoms with Crippen LogP contribution in [0.3, 0.4) is 0 Å². The number of amides is 1. The number of nitrogens with zero attached hydrogens (tertiary/aromatic N) is 1. The number of carbonyl (C=O) groups excluding carboxylic acids is 1. The lowest BCUT2D eigenvalue weighted by Crippen LogP contribution is -2.25. The topological polar surface area (TPSA) is 66.5 Å². The SMILES string of the molecule is Cc1ccc(N2CCCS2(=O)=O)cc1NC(=O)CCCc1ccccc1F. The average molecular weight is 390 g/mol. The van der Waals surface area contributed by atoms with Crippen molar-refractivity contribution in [3.8, 4) is 0 Å². The first kappa shape index (κ1) is 19.4. The Morgan fingerprint density at radius 2 is 2.00 bits per heavy atom. The molecule has 0 bridgehead atoms. The first-order chi connectivity index (χ1) is 12.9. The maximum Gasteiger partial charge on any atom is 0.235 e. The molecule has 144 valence electrons. The van der Waals surface area contributed by atoms with Crippen molar-refractivity contribution in [2.24, 2.45) is 0 Å². The number of halogens is 1. The molecule has 5 nitrogen and oxygen atoms in total.